The molecule has 2 atom stereocenters. The van der Waals surface area contributed by atoms with E-state index >= 15 is 0 Å². The molecule has 2 heteroatoms. The van der Waals surface area contributed by atoms with E-state index in [0.29, 0.717) is 0 Å². The molecule has 0 aromatic rings. The molecule has 2 saturated carbocycles. The molecule has 0 saturated heterocycles. The first-order valence-corrected chi connectivity index (χ1v) is 9.60. The average molecular weight is 323 g/mol. The van der Waals surface area contributed by atoms with Crippen LogP contribution in [0.15, 0.2) is 58.2 Å². The zero-order chi connectivity index (χ0) is 16.5. The van der Waals surface area contributed by atoms with Crippen molar-refractivity contribution >= 4 is 0 Å². The lowest BCUT2D eigenvalue weighted by atomic mass is 9.85. The SMILES string of the molecule is NC1C=CC(C(C2=CCC(CC(O)CC3CC3)=CC2)=C2CC2)=CC1. The van der Waals surface area contributed by atoms with Gasteiger partial charge in [-0.25, -0.2) is 0 Å². The molecule has 0 radical (unpaired) electrons. The largest absolute Gasteiger partial charge is 0.393 e. The van der Waals surface area contributed by atoms with Crippen molar-refractivity contribution in [3.05, 3.63) is 58.2 Å². The molecule has 4 aliphatic carbocycles. The maximum atomic E-state index is 10.2. The zero-order valence-corrected chi connectivity index (χ0v) is 14.5. The molecule has 0 aromatic carbocycles. The van der Waals surface area contributed by atoms with Gasteiger partial charge in [0.15, 0.2) is 0 Å². The van der Waals surface area contributed by atoms with Crippen molar-refractivity contribution in [2.24, 2.45) is 11.7 Å². The molecule has 24 heavy (non-hydrogen) atoms. The van der Waals surface area contributed by atoms with E-state index in [1.165, 1.54) is 48.0 Å². The van der Waals surface area contributed by atoms with Crippen LogP contribution in [0.5, 0.6) is 0 Å². The van der Waals surface area contributed by atoms with Crippen LogP contribution in [-0.4, -0.2) is 17.3 Å². The van der Waals surface area contributed by atoms with Crippen LogP contribution in [0.2, 0.25) is 0 Å². The molecule has 4 aliphatic rings. The fourth-order valence-corrected chi connectivity index (χ4v) is 3.92. The first-order valence-electron chi connectivity index (χ1n) is 9.60. The van der Waals surface area contributed by atoms with Crippen molar-refractivity contribution in [1.82, 2.24) is 0 Å². The normalized spacial score (nSPS) is 27.3. The van der Waals surface area contributed by atoms with Crippen LogP contribution in [0.3, 0.4) is 0 Å². The van der Waals surface area contributed by atoms with Gasteiger partial charge in [0.2, 0.25) is 0 Å². The van der Waals surface area contributed by atoms with Gasteiger partial charge >= 0.3 is 0 Å². The van der Waals surface area contributed by atoms with E-state index in [1.54, 1.807) is 5.57 Å². The van der Waals surface area contributed by atoms with Crippen LogP contribution in [0.25, 0.3) is 0 Å². The Bertz CT molecular complexity index is 651. The minimum absolute atomic E-state index is 0.134. The second-order valence-electron chi connectivity index (χ2n) is 7.93. The number of hydrogen-bond acceptors (Lipinski definition) is 2. The van der Waals surface area contributed by atoms with Gasteiger partial charge in [0.1, 0.15) is 0 Å². The highest BCUT2D eigenvalue weighted by atomic mass is 16.3. The van der Waals surface area contributed by atoms with Gasteiger partial charge in [0, 0.05) is 6.04 Å². The van der Waals surface area contributed by atoms with Crippen LogP contribution in [0, 0.1) is 5.92 Å². The fourth-order valence-electron chi connectivity index (χ4n) is 3.92. The molecular formula is C22H29NO. The molecule has 3 N–H and O–H groups in total. The summed E-state index contributed by atoms with van der Waals surface area (Å²) in [6.45, 7) is 0. The molecule has 0 heterocycles. The second kappa shape index (κ2) is 6.85. The Morgan fingerprint density at radius 3 is 2.58 bits per heavy atom. The predicted octanol–water partition coefficient (Wildman–Crippen LogP) is 4.49. The number of hydrogen-bond donors (Lipinski definition) is 2. The Hall–Kier alpha value is -1.38. The molecule has 0 bridgehead atoms. The number of nitrogens with two attached hydrogens (primary N) is 1. The van der Waals surface area contributed by atoms with Gasteiger partial charge in [-0.15, -0.1) is 0 Å². The highest BCUT2D eigenvalue weighted by Crippen LogP contribution is 2.42. The van der Waals surface area contributed by atoms with E-state index in [-0.39, 0.29) is 12.1 Å². The Kier molecular flexibility index (Phi) is 4.60. The van der Waals surface area contributed by atoms with Gasteiger partial charge in [-0.1, -0.05) is 54.4 Å². The molecule has 128 valence electrons. The van der Waals surface area contributed by atoms with E-state index in [4.69, 9.17) is 5.73 Å². The molecule has 4 rings (SSSR count). The molecule has 2 unspecified atom stereocenters. The summed E-state index contributed by atoms with van der Waals surface area (Å²) < 4.78 is 0. The van der Waals surface area contributed by atoms with Crippen LogP contribution in [0.1, 0.15) is 57.8 Å². The van der Waals surface area contributed by atoms with Crippen molar-refractivity contribution in [2.75, 3.05) is 0 Å². The van der Waals surface area contributed by atoms with E-state index in [2.05, 4.69) is 30.4 Å². The predicted molar refractivity (Wildman–Crippen MR) is 99.4 cm³/mol. The lowest BCUT2D eigenvalue weighted by Crippen LogP contribution is -2.18. The topological polar surface area (TPSA) is 46.2 Å². The third-order valence-corrected chi connectivity index (χ3v) is 5.62. The Morgan fingerprint density at radius 1 is 1.17 bits per heavy atom. The smallest absolute Gasteiger partial charge is 0.0580 e. The van der Waals surface area contributed by atoms with Crippen LogP contribution >= 0.6 is 0 Å². The standard InChI is InChI=1S/C22H29NO/c23-20-11-9-19(10-12-20)22(18-7-8-18)17-5-3-16(4-6-17)14-21(24)13-15-1-2-15/h3,6,9-11,15,20-21,24H,1-2,4-5,7-8,12-14,23H2. The molecule has 0 aromatic heterocycles. The third-order valence-electron chi connectivity index (χ3n) is 5.62. The van der Waals surface area contributed by atoms with Crippen LogP contribution in [-0.2, 0) is 0 Å². The summed E-state index contributed by atoms with van der Waals surface area (Å²) in [6, 6.07) is 0.180. The maximum absolute atomic E-state index is 10.2. The van der Waals surface area contributed by atoms with Crippen molar-refractivity contribution < 1.29 is 5.11 Å². The molecule has 0 spiro atoms. The quantitative estimate of drug-likeness (QED) is 0.708. The van der Waals surface area contributed by atoms with Crippen molar-refractivity contribution in [2.45, 2.75) is 69.9 Å². The third kappa shape index (κ3) is 3.99. The van der Waals surface area contributed by atoms with Gasteiger partial charge in [0.05, 0.1) is 6.10 Å². The van der Waals surface area contributed by atoms with E-state index in [0.717, 1.165) is 38.0 Å². The average Bonchev–Trinajstić information content (AvgIpc) is 3.46. The number of rotatable bonds is 6. The van der Waals surface area contributed by atoms with Gasteiger partial charge < -0.3 is 10.8 Å². The Balaban J connectivity index is 1.40. The molecule has 2 nitrogen and oxygen atoms in total. The van der Waals surface area contributed by atoms with E-state index in [1.807, 2.05) is 0 Å². The van der Waals surface area contributed by atoms with Crippen molar-refractivity contribution in [3.8, 4) is 0 Å². The van der Waals surface area contributed by atoms with Gasteiger partial charge in [0.25, 0.3) is 0 Å². The summed E-state index contributed by atoms with van der Waals surface area (Å²) in [7, 11) is 0. The molecule has 0 amide bonds. The summed E-state index contributed by atoms with van der Waals surface area (Å²) in [5, 5.41) is 10.2. The Labute approximate surface area is 145 Å². The Morgan fingerprint density at radius 2 is 2.00 bits per heavy atom. The highest BCUT2D eigenvalue weighted by molar-refractivity contribution is 5.59. The summed E-state index contributed by atoms with van der Waals surface area (Å²) in [6.07, 6.45) is 21.3. The number of aliphatic hydroxyl groups excluding tert-OH is 1. The minimum Gasteiger partial charge on any atom is -0.393 e. The zero-order valence-electron chi connectivity index (χ0n) is 14.5. The summed E-state index contributed by atoms with van der Waals surface area (Å²) in [4.78, 5) is 0. The first kappa shape index (κ1) is 16.1. The first-order chi connectivity index (χ1) is 11.7. The van der Waals surface area contributed by atoms with Crippen molar-refractivity contribution in [1.29, 1.82) is 0 Å². The van der Waals surface area contributed by atoms with Crippen LogP contribution < -0.4 is 5.73 Å². The number of allylic oxidation sites excluding steroid dienone is 7. The van der Waals surface area contributed by atoms with Gasteiger partial charge in [-0.05, 0) is 67.6 Å². The van der Waals surface area contributed by atoms with E-state index in [9.17, 15) is 5.11 Å². The number of aliphatic hydroxyl groups is 1. The van der Waals surface area contributed by atoms with Gasteiger partial charge in [-0.3, -0.25) is 0 Å². The summed E-state index contributed by atoms with van der Waals surface area (Å²) in [5.74, 6) is 0.804. The second-order valence-corrected chi connectivity index (χ2v) is 7.93. The summed E-state index contributed by atoms with van der Waals surface area (Å²) in [5.41, 5.74) is 13.4. The monoisotopic (exact) mass is 323 g/mol. The lowest BCUT2D eigenvalue weighted by molar-refractivity contribution is 0.157. The van der Waals surface area contributed by atoms with Crippen LogP contribution in [0.4, 0.5) is 0 Å². The lowest BCUT2D eigenvalue weighted by Gasteiger charge is -2.21. The molecular weight excluding hydrogens is 294 g/mol. The van der Waals surface area contributed by atoms with Gasteiger partial charge in [-0.2, -0.15) is 0 Å². The maximum Gasteiger partial charge on any atom is 0.0580 e. The fraction of sp³-hybridized carbons (Fsp3) is 0.545. The highest BCUT2D eigenvalue weighted by Gasteiger charge is 2.26. The van der Waals surface area contributed by atoms with Crippen molar-refractivity contribution in [3.63, 3.8) is 0 Å². The molecule has 2 fully saturated rings. The summed E-state index contributed by atoms with van der Waals surface area (Å²) >= 11 is 0. The molecule has 0 aliphatic heterocycles. The van der Waals surface area contributed by atoms with E-state index < -0.39 is 0 Å². The minimum atomic E-state index is -0.134.